The molecule has 0 aliphatic carbocycles. The average Bonchev–Trinajstić information content (AvgIpc) is 2.63. The molecule has 0 saturated carbocycles. The van der Waals surface area contributed by atoms with Crippen LogP contribution < -0.4 is 4.90 Å². The molecule has 3 nitrogen and oxygen atoms in total. The first-order chi connectivity index (χ1) is 6.86. The van der Waals surface area contributed by atoms with Gasteiger partial charge in [-0.25, -0.2) is 4.98 Å². The second-order valence-electron chi connectivity index (χ2n) is 4.76. The Bertz CT molecular complexity index is 319. The van der Waals surface area contributed by atoms with E-state index >= 15 is 0 Å². The Morgan fingerprint density at radius 1 is 1.47 bits per heavy atom. The molecule has 0 amide bonds. The van der Waals surface area contributed by atoms with Crippen molar-refractivity contribution in [2.45, 2.75) is 39.2 Å². The lowest BCUT2D eigenvalue weighted by Crippen LogP contribution is -2.30. The highest BCUT2D eigenvalue weighted by Crippen LogP contribution is 2.25. The van der Waals surface area contributed by atoms with E-state index in [0.29, 0.717) is 6.04 Å². The topological polar surface area (TPSA) is 29.0 Å². The molecule has 86 valence electrons. The molecule has 1 aromatic rings. The predicted octanol–water partition coefficient (Wildman–Crippen LogP) is 3.06. The molecule has 0 saturated heterocycles. The fraction of sp³-hybridized carbons (Fsp3) is 0.800. The van der Waals surface area contributed by atoms with Gasteiger partial charge in [-0.1, -0.05) is 36.7 Å². The fourth-order valence-corrected chi connectivity index (χ4v) is 2.31. The van der Waals surface area contributed by atoms with E-state index in [1.165, 1.54) is 11.5 Å². The van der Waals surface area contributed by atoms with Crippen LogP contribution in [0.25, 0.3) is 0 Å². The summed E-state index contributed by atoms with van der Waals surface area (Å²) in [6, 6.07) is 0.436. The molecule has 0 radical (unpaired) electrons. The molecule has 0 fully saturated rings. The zero-order chi connectivity index (χ0) is 11.6. The number of hydrogen-bond acceptors (Lipinski definition) is 4. The van der Waals surface area contributed by atoms with Crippen LogP contribution in [0.4, 0.5) is 5.13 Å². The monoisotopic (exact) mass is 291 g/mol. The van der Waals surface area contributed by atoms with E-state index < -0.39 is 0 Å². The van der Waals surface area contributed by atoms with Crippen molar-refractivity contribution in [1.29, 1.82) is 0 Å². The molecule has 15 heavy (non-hydrogen) atoms. The van der Waals surface area contributed by atoms with Gasteiger partial charge in [-0.3, -0.25) is 0 Å². The molecular formula is C10H18BrN3S. The largest absolute Gasteiger partial charge is 0.346 e. The van der Waals surface area contributed by atoms with Crippen molar-refractivity contribution >= 4 is 32.6 Å². The van der Waals surface area contributed by atoms with Gasteiger partial charge < -0.3 is 4.90 Å². The van der Waals surface area contributed by atoms with Crippen molar-refractivity contribution in [3.05, 3.63) is 5.82 Å². The Kier molecular flexibility index (Phi) is 4.12. The van der Waals surface area contributed by atoms with Crippen LogP contribution in [0.1, 0.15) is 33.5 Å². The third-order valence-corrected chi connectivity index (χ3v) is 4.02. The van der Waals surface area contributed by atoms with Crippen molar-refractivity contribution in [2.75, 3.05) is 17.3 Å². The Balaban J connectivity index is 2.85. The normalized spacial score (nSPS) is 14.0. The number of anilines is 1. The van der Waals surface area contributed by atoms with Gasteiger partial charge in [-0.2, -0.15) is 4.37 Å². The number of halogens is 1. The number of hydrogen-bond donors (Lipinski definition) is 0. The summed E-state index contributed by atoms with van der Waals surface area (Å²) in [5, 5.41) is 1.93. The lowest BCUT2D eigenvalue weighted by atomic mass is 9.96. The number of rotatable bonds is 3. The molecule has 0 N–H and O–H groups in total. The second kappa shape index (κ2) is 4.78. The molecule has 0 bridgehead atoms. The van der Waals surface area contributed by atoms with Crippen molar-refractivity contribution < 1.29 is 0 Å². The van der Waals surface area contributed by atoms with Gasteiger partial charge in [0, 0.05) is 35.4 Å². The number of nitrogens with zero attached hydrogens (tertiary/aromatic N) is 3. The molecular weight excluding hydrogens is 274 g/mol. The molecule has 0 spiro atoms. The van der Waals surface area contributed by atoms with Gasteiger partial charge in [-0.05, 0) is 6.92 Å². The van der Waals surface area contributed by atoms with E-state index in [-0.39, 0.29) is 5.41 Å². The highest BCUT2D eigenvalue weighted by atomic mass is 79.9. The highest BCUT2D eigenvalue weighted by molar-refractivity contribution is 9.09. The van der Waals surface area contributed by atoms with E-state index in [9.17, 15) is 0 Å². The van der Waals surface area contributed by atoms with Gasteiger partial charge in [0.05, 0.1) is 0 Å². The lowest BCUT2D eigenvalue weighted by Gasteiger charge is -2.21. The van der Waals surface area contributed by atoms with Crippen LogP contribution in [0.5, 0.6) is 0 Å². The standard InChI is InChI=1S/C10H18BrN3S/c1-7(6-11)14(5)9-12-8(13-15-9)10(2,3)4/h7H,6H2,1-5H3. The minimum Gasteiger partial charge on any atom is -0.346 e. The van der Waals surface area contributed by atoms with Gasteiger partial charge in [0.15, 0.2) is 0 Å². The summed E-state index contributed by atoms with van der Waals surface area (Å²) in [7, 11) is 2.05. The van der Waals surface area contributed by atoms with Crippen LogP contribution in [0.15, 0.2) is 0 Å². The van der Waals surface area contributed by atoms with Crippen molar-refractivity contribution in [1.82, 2.24) is 9.36 Å². The van der Waals surface area contributed by atoms with Gasteiger partial charge in [0.1, 0.15) is 5.82 Å². The third-order valence-electron chi connectivity index (χ3n) is 2.27. The summed E-state index contributed by atoms with van der Waals surface area (Å²) in [6.07, 6.45) is 0. The van der Waals surface area contributed by atoms with Crippen LogP contribution in [0, 0.1) is 0 Å². The Morgan fingerprint density at radius 2 is 2.07 bits per heavy atom. The number of aromatic nitrogens is 2. The predicted molar refractivity (Wildman–Crippen MR) is 70.3 cm³/mol. The minimum atomic E-state index is 0.0350. The zero-order valence-corrected chi connectivity index (χ0v) is 12.3. The lowest BCUT2D eigenvalue weighted by molar-refractivity contribution is 0.554. The molecule has 1 unspecified atom stereocenters. The molecule has 1 atom stereocenters. The van der Waals surface area contributed by atoms with Gasteiger partial charge in [0.2, 0.25) is 5.13 Å². The smallest absolute Gasteiger partial charge is 0.205 e. The first kappa shape index (κ1) is 12.9. The van der Waals surface area contributed by atoms with Crippen LogP contribution in [-0.2, 0) is 5.41 Å². The summed E-state index contributed by atoms with van der Waals surface area (Å²) in [6.45, 7) is 8.55. The molecule has 1 aromatic heterocycles. The molecule has 5 heteroatoms. The summed E-state index contributed by atoms with van der Waals surface area (Å²) >= 11 is 4.95. The average molecular weight is 292 g/mol. The van der Waals surface area contributed by atoms with E-state index in [0.717, 1.165) is 16.3 Å². The Labute approximate surface area is 104 Å². The molecule has 0 aromatic carbocycles. The maximum atomic E-state index is 4.56. The molecule has 0 aliphatic heterocycles. The van der Waals surface area contributed by atoms with E-state index in [2.05, 4.69) is 64.9 Å². The van der Waals surface area contributed by atoms with Crippen LogP contribution in [0.2, 0.25) is 0 Å². The van der Waals surface area contributed by atoms with E-state index in [1.807, 2.05) is 0 Å². The van der Waals surface area contributed by atoms with Crippen LogP contribution >= 0.6 is 27.5 Å². The summed E-state index contributed by atoms with van der Waals surface area (Å²) < 4.78 is 4.40. The first-order valence-electron chi connectivity index (χ1n) is 4.99. The van der Waals surface area contributed by atoms with Gasteiger partial charge in [0.25, 0.3) is 0 Å². The van der Waals surface area contributed by atoms with Crippen molar-refractivity contribution in [3.63, 3.8) is 0 Å². The van der Waals surface area contributed by atoms with Gasteiger partial charge in [-0.15, -0.1) is 0 Å². The summed E-state index contributed by atoms with van der Waals surface area (Å²) in [5.74, 6) is 0.927. The molecule has 1 heterocycles. The Hall–Kier alpha value is -0.160. The van der Waals surface area contributed by atoms with Crippen LogP contribution in [0.3, 0.4) is 0 Å². The van der Waals surface area contributed by atoms with E-state index in [1.54, 1.807) is 0 Å². The molecule has 1 rings (SSSR count). The van der Waals surface area contributed by atoms with Crippen molar-refractivity contribution in [3.8, 4) is 0 Å². The summed E-state index contributed by atoms with van der Waals surface area (Å²) in [5.41, 5.74) is 0.0350. The second-order valence-corrected chi connectivity index (χ2v) is 6.14. The van der Waals surface area contributed by atoms with Crippen molar-refractivity contribution in [2.24, 2.45) is 0 Å². The minimum absolute atomic E-state index is 0.0350. The van der Waals surface area contributed by atoms with E-state index in [4.69, 9.17) is 0 Å². The van der Waals surface area contributed by atoms with Gasteiger partial charge >= 0.3 is 0 Å². The third kappa shape index (κ3) is 3.14. The fourth-order valence-electron chi connectivity index (χ4n) is 0.955. The molecule has 0 aliphatic rings. The summed E-state index contributed by atoms with van der Waals surface area (Å²) in [4.78, 5) is 6.72. The quantitative estimate of drug-likeness (QED) is 0.802. The maximum Gasteiger partial charge on any atom is 0.205 e. The first-order valence-corrected chi connectivity index (χ1v) is 6.88. The van der Waals surface area contributed by atoms with Crippen LogP contribution in [-0.4, -0.2) is 27.8 Å². The SMILES string of the molecule is CC(CBr)N(C)c1nc(C(C)(C)C)ns1. The highest BCUT2D eigenvalue weighted by Gasteiger charge is 2.21. The Morgan fingerprint density at radius 3 is 2.47 bits per heavy atom. The maximum absolute atomic E-state index is 4.56. The number of alkyl halides is 1. The zero-order valence-electron chi connectivity index (χ0n) is 9.91.